The lowest BCUT2D eigenvalue weighted by Gasteiger charge is -2.33. The Morgan fingerprint density at radius 3 is 2.21 bits per heavy atom. The van der Waals surface area contributed by atoms with Crippen molar-refractivity contribution in [3.63, 3.8) is 0 Å². The predicted octanol–water partition coefficient (Wildman–Crippen LogP) is 6.09. The van der Waals surface area contributed by atoms with Crippen LogP contribution < -0.4 is 9.62 Å². The molecule has 1 saturated carbocycles. The Balaban J connectivity index is 1.67. The van der Waals surface area contributed by atoms with Gasteiger partial charge in [-0.1, -0.05) is 66.8 Å². The molecule has 0 heterocycles. The van der Waals surface area contributed by atoms with E-state index in [1.807, 2.05) is 56.5 Å². The number of benzene rings is 3. The highest BCUT2D eigenvalue weighted by Gasteiger charge is 2.33. The zero-order valence-corrected chi connectivity index (χ0v) is 26.5. The SMILES string of the molecule is CSc1ccc(S(=O)(=O)N(CC(=O)N(Cc2cccc(C)c2)[C@H](C)C(=O)NC2CCCCC2)c2ccc(C)cc2)cc1. The molecule has 1 N–H and O–H groups in total. The molecule has 3 aromatic rings. The molecular formula is C33H41N3O4S2. The Kier molecular flexibility index (Phi) is 10.7. The number of thioether (sulfide) groups is 1. The Morgan fingerprint density at radius 2 is 1.60 bits per heavy atom. The standard InChI is InChI=1S/C33H41N3O4S2/c1-24-13-15-29(16-14-24)36(42(39,40)31-19-17-30(41-4)18-20-31)23-32(37)35(22-27-10-8-9-25(2)21-27)26(3)33(38)34-28-11-6-5-7-12-28/h8-10,13-21,26,28H,5-7,11-12,22-23H2,1-4H3,(H,34,38)/t26-/m1/s1. The largest absolute Gasteiger partial charge is 0.352 e. The van der Waals surface area contributed by atoms with Crippen molar-refractivity contribution >= 4 is 39.3 Å². The van der Waals surface area contributed by atoms with Crippen molar-refractivity contribution < 1.29 is 18.0 Å². The maximum atomic E-state index is 14.1. The van der Waals surface area contributed by atoms with Gasteiger partial charge in [0.1, 0.15) is 12.6 Å². The van der Waals surface area contributed by atoms with Crippen molar-refractivity contribution in [3.8, 4) is 0 Å². The van der Waals surface area contributed by atoms with Gasteiger partial charge in [-0.25, -0.2) is 8.42 Å². The molecule has 9 heteroatoms. The van der Waals surface area contributed by atoms with Crippen molar-refractivity contribution in [2.45, 2.75) is 81.3 Å². The predicted molar refractivity (Wildman–Crippen MR) is 170 cm³/mol. The van der Waals surface area contributed by atoms with Crippen LogP contribution in [0.25, 0.3) is 0 Å². The van der Waals surface area contributed by atoms with E-state index in [0.717, 1.165) is 51.6 Å². The first-order valence-electron chi connectivity index (χ1n) is 14.5. The summed E-state index contributed by atoms with van der Waals surface area (Å²) in [6.45, 7) is 5.36. The zero-order valence-electron chi connectivity index (χ0n) is 24.9. The third-order valence-electron chi connectivity index (χ3n) is 7.80. The molecule has 0 saturated heterocycles. The Morgan fingerprint density at radius 1 is 0.929 bits per heavy atom. The van der Waals surface area contributed by atoms with Crippen LogP contribution in [-0.4, -0.2) is 50.0 Å². The minimum absolute atomic E-state index is 0.0957. The number of nitrogens with zero attached hydrogens (tertiary/aromatic N) is 2. The second-order valence-corrected chi connectivity index (χ2v) is 13.8. The summed E-state index contributed by atoms with van der Waals surface area (Å²) in [5.74, 6) is -0.673. The normalized spacial score (nSPS) is 14.7. The molecule has 2 amide bonds. The van der Waals surface area contributed by atoms with Crippen LogP contribution in [0.5, 0.6) is 0 Å². The topological polar surface area (TPSA) is 86.8 Å². The van der Waals surface area contributed by atoms with Gasteiger partial charge in [-0.15, -0.1) is 11.8 Å². The first-order chi connectivity index (χ1) is 20.1. The molecule has 7 nitrogen and oxygen atoms in total. The summed E-state index contributed by atoms with van der Waals surface area (Å²) < 4.78 is 29.2. The monoisotopic (exact) mass is 607 g/mol. The number of carbonyl (C=O) groups excluding carboxylic acids is 2. The molecular weight excluding hydrogens is 567 g/mol. The third-order valence-corrected chi connectivity index (χ3v) is 10.3. The van der Waals surface area contributed by atoms with Crippen molar-refractivity contribution in [1.29, 1.82) is 0 Å². The Labute approximate surface area is 254 Å². The van der Waals surface area contributed by atoms with E-state index in [1.54, 1.807) is 43.3 Å². The van der Waals surface area contributed by atoms with Crippen molar-refractivity contribution in [3.05, 3.63) is 89.5 Å². The van der Waals surface area contributed by atoms with Crippen LogP contribution >= 0.6 is 11.8 Å². The zero-order chi connectivity index (χ0) is 30.3. The molecule has 1 atom stereocenters. The molecule has 224 valence electrons. The molecule has 1 aliphatic carbocycles. The summed E-state index contributed by atoms with van der Waals surface area (Å²) in [5.41, 5.74) is 3.27. The van der Waals surface area contributed by atoms with Gasteiger partial charge in [0, 0.05) is 17.5 Å². The fraction of sp³-hybridized carbons (Fsp3) is 0.394. The lowest BCUT2D eigenvalue weighted by Crippen LogP contribution is -2.53. The van der Waals surface area contributed by atoms with E-state index in [2.05, 4.69) is 5.32 Å². The number of hydrogen-bond donors (Lipinski definition) is 1. The highest BCUT2D eigenvalue weighted by Crippen LogP contribution is 2.27. The van der Waals surface area contributed by atoms with Crippen LogP contribution in [0.2, 0.25) is 0 Å². The number of anilines is 1. The molecule has 1 fully saturated rings. The molecule has 42 heavy (non-hydrogen) atoms. The maximum absolute atomic E-state index is 14.1. The molecule has 3 aromatic carbocycles. The van der Waals surface area contributed by atoms with Gasteiger partial charge in [-0.3, -0.25) is 13.9 Å². The van der Waals surface area contributed by atoms with Crippen LogP contribution in [0.15, 0.2) is 82.6 Å². The van der Waals surface area contributed by atoms with E-state index in [0.29, 0.717) is 5.69 Å². The number of nitrogens with one attached hydrogen (secondary N) is 1. The van der Waals surface area contributed by atoms with Crippen molar-refractivity contribution in [2.24, 2.45) is 0 Å². The van der Waals surface area contributed by atoms with Crippen LogP contribution in [0.3, 0.4) is 0 Å². The summed E-state index contributed by atoms with van der Waals surface area (Å²) in [4.78, 5) is 30.1. The Bertz CT molecular complexity index is 1470. The lowest BCUT2D eigenvalue weighted by atomic mass is 9.95. The number of carbonyl (C=O) groups is 2. The number of aryl methyl sites for hydroxylation is 2. The van der Waals surface area contributed by atoms with Gasteiger partial charge >= 0.3 is 0 Å². The average Bonchev–Trinajstić information content (AvgIpc) is 2.99. The fourth-order valence-corrected chi connectivity index (χ4v) is 7.10. The fourth-order valence-electron chi connectivity index (χ4n) is 5.27. The summed E-state index contributed by atoms with van der Waals surface area (Å²) in [7, 11) is -4.09. The highest BCUT2D eigenvalue weighted by molar-refractivity contribution is 7.98. The van der Waals surface area contributed by atoms with E-state index in [9.17, 15) is 18.0 Å². The lowest BCUT2D eigenvalue weighted by molar-refractivity contribution is -0.139. The summed E-state index contributed by atoms with van der Waals surface area (Å²) in [6.07, 6.45) is 7.11. The van der Waals surface area contributed by atoms with E-state index in [-0.39, 0.29) is 23.4 Å². The molecule has 0 aromatic heterocycles. The molecule has 0 radical (unpaired) electrons. The summed E-state index contributed by atoms with van der Waals surface area (Å²) in [5, 5.41) is 3.14. The van der Waals surface area contributed by atoms with Crippen LogP contribution in [0.4, 0.5) is 5.69 Å². The number of amides is 2. The average molecular weight is 608 g/mol. The van der Waals surface area contributed by atoms with Gasteiger partial charge in [0.05, 0.1) is 10.6 Å². The molecule has 0 bridgehead atoms. The van der Waals surface area contributed by atoms with Crippen LogP contribution in [0, 0.1) is 13.8 Å². The minimum atomic E-state index is -4.09. The van der Waals surface area contributed by atoms with E-state index < -0.39 is 28.5 Å². The number of rotatable bonds is 11. The number of sulfonamides is 1. The first kappa shape index (κ1) is 31.6. The van der Waals surface area contributed by atoms with Gasteiger partial charge < -0.3 is 10.2 Å². The Hall–Kier alpha value is -3.30. The number of hydrogen-bond acceptors (Lipinski definition) is 5. The summed E-state index contributed by atoms with van der Waals surface area (Å²) in [6, 6.07) is 20.8. The van der Waals surface area contributed by atoms with E-state index >= 15 is 0 Å². The molecule has 0 unspecified atom stereocenters. The van der Waals surface area contributed by atoms with Crippen LogP contribution in [-0.2, 0) is 26.2 Å². The van der Waals surface area contributed by atoms with E-state index in [4.69, 9.17) is 0 Å². The minimum Gasteiger partial charge on any atom is -0.352 e. The van der Waals surface area contributed by atoms with Gasteiger partial charge in [0.25, 0.3) is 10.0 Å². The second-order valence-electron chi connectivity index (χ2n) is 11.1. The van der Waals surface area contributed by atoms with Gasteiger partial charge in [-0.2, -0.15) is 0 Å². The van der Waals surface area contributed by atoms with E-state index in [1.165, 1.54) is 23.1 Å². The van der Waals surface area contributed by atoms with Gasteiger partial charge in [-0.05, 0) is 81.8 Å². The third kappa shape index (κ3) is 7.95. The van der Waals surface area contributed by atoms with Crippen molar-refractivity contribution in [1.82, 2.24) is 10.2 Å². The van der Waals surface area contributed by atoms with Crippen LogP contribution in [0.1, 0.15) is 55.7 Å². The van der Waals surface area contributed by atoms with Gasteiger partial charge in [0.15, 0.2) is 0 Å². The molecule has 0 aliphatic heterocycles. The van der Waals surface area contributed by atoms with Gasteiger partial charge in [0.2, 0.25) is 11.8 Å². The molecule has 1 aliphatic rings. The van der Waals surface area contributed by atoms with Crippen molar-refractivity contribution in [2.75, 3.05) is 17.1 Å². The smallest absolute Gasteiger partial charge is 0.264 e. The quantitative estimate of drug-likeness (QED) is 0.267. The second kappa shape index (κ2) is 14.2. The maximum Gasteiger partial charge on any atom is 0.264 e. The first-order valence-corrected chi connectivity index (χ1v) is 17.1. The highest BCUT2D eigenvalue weighted by atomic mass is 32.2. The molecule has 4 rings (SSSR count). The molecule has 0 spiro atoms. The summed E-state index contributed by atoms with van der Waals surface area (Å²) >= 11 is 1.52.